The average Bonchev–Trinajstić information content (AvgIpc) is 2.20. The molecule has 0 heterocycles. The number of para-hydroxylation sites is 1. The predicted octanol–water partition coefficient (Wildman–Crippen LogP) is 2.75. The number of halogens is 2. The van der Waals surface area contributed by atoms with E-state index in [-0.39, 0.29) is 5.96 Å². The van der Waals surface area contributed by atoms with Gasteiger partial charge in [-0.1, -0.05) is 23.9 Å². The first-order chi connectivity index (χ1) is 7.63. The van der Waals surface area contributed by atoms with Crippen LogP contribution in [0.5, 0.6) is 0 Å². The average molecular weight is 245 g/mol. The summed E-state index contributed by atoms with van der Waals surface area (Å²) in [6.07, 6.45) is 0. The van der Waals surface area contributed by atoms with Crippen molar-refractivity contribution in [2.24, 2.45) is 10.7 Å². The minimum Gasteiger partial charge on any atom is -0.370 e. The highest BCUT2D eigenvalue weighted by Gasteiger charge is 2.09. The molecule has 0 aliphatic rings. The van der Waals surface area contributed by atoms with E-state index in [1.165, 1.54) is 0 Å². The summed E-state index contributed by atoms with van der Waals surface area (Å²) < 4.78 is 24.5. The third kappa shape index (κ3) is 4.06. The molecule has 1 aromatic carbocycles. The van der Waals surface area contributed by atoms with E-state index in [9.17, 15) is 8.78 Å². The van der Waals surface area contributed by atoms with E-state index in [2.05, 4.69) is 10.3 Å². The molecule has 0 spiro atoms. The van der Waals surface area contributed by atoms with Crippen LogP contribution >= 0.6 is 11.8 Å². The molecule has 88 valence electrons. The number of guanidine groups is 1. The van der Waals surface area contributed by atoms with E-state index in [0.717, 1.165) is 0 Å². The molecule has 3 N–H and O–H groups in total. The molecule has 0 aromatic heterocycles. The van der Waals surface area contributed by atoms with Crippen molar-refractivity contribution in [2.75, 3.05) is 11.9 Å². The fourth-order valence-corrected chi connectivity index (χ4v) is 1.71. The lowest BCUT2D eigenvalue weighted by Crippen LogP contribution is -2.23. The van der Waals surface area contributed by atoms with Gasteiger partial charge < -0.3 is 11.1 Å². The molecule has 0 atom stereocenters. The van der Waals surface area contributed by atoms with Gasteiger partial charge in [0.25, 0.3) is 5.76 Å². The van der Waals surface area contributed by atoms with Crippen LogP contribution in [0.25, 0.3) is 0 Å². The Balaban J connectivity index is 2.82. The van der Waals surface area contributed by atoms with Crippen LogP contribution in [-0.4, -0.2) is 18.3 Å². The van der Waals surface area contributed by atoms with E-state index < -0.39 is 5.76 Å². The summed E-state index contributed by atoms with van der Waals surface area (Å²) in [6.45, 7) is 2.39. The Bertz CT molecular complexity index is 369. The number of nitrogens with two attached hydrogens (primary N) is 1. The minimum absolute atomic E-state index is 0.227. The lowest BCUT2D eigenvalue weighted by Gasteiger charge is -2.10. The van der Waals surface area contributed by atoms with Gasteiger partial charge >= 0.3 is 0 Å². The van der Waals surface area contributed by atoms with Crippen LogP contribution in [-0.2, 0) is 0 Å². The van der Waals surface area contributed by atoms with E-state index in [1.54, 1.807) is 24.3 Å². The summed E-state index contributed by atoms with van der Waals surface area (Å²) in [4.78, 5) is 4.38. The van der Waals surface area contributed by atoms with Crippen molar-refractivity contribution in [3.8, 4) is 0 Å². The lowest BCUT2D eigenvalue weighted by atomic mass is 10.3. The van der Waals surface area contributed by atoms with Gasteiger partial charge in [0.2, 0.25) is 0 Å². The molecule has 0 amide bonds. The van der Waals surface area contributed by atoms with Gasteiger partial charge in [-0.05, 0) is 19.1 Å². The molecule has 0 fully saturated rings. The lowest BCUT2D eigenvalue weighted by molar-refractivity contribution is 0.252. The third-order valence-electron chi connectivity index (χ3n) is 1.69. The first-order valence-electron chi connectivity index (χ1n) is 4.74. The molecular formula is C10H13F2N3S. The highest BCUT2D eigenvalue weighted by atomic mass is 32.2. The van der Waals surface area contributed by atoms with E-state index in [1.807, 2.05) is 6.92 Å². The smallest absolute Gasteiger partial charge is 0.288 e. The predicted molar refractivity (Wildman–Crippen MR) is 64.1 cm³/mol. The van der Waals surface area contributed by atoms with Crippen LogP contribution in [0.15, 0.2) is 34.2 Å². The van der Waals surface area contributed by atoms with Crippen LogP contribution in [0.2, 0.25) is 0 Å². The van der Waals surface area contributed by atoms with Gasteiger partial charge in [0.05, 0.1) is 5.69 Å². The highest BCUT2D eigenvalue weighted by Crippen LogP contribution is 2.31. The van der Waals surface area contributed by atoms with Gasteiger partial charge in [-0.15, -0.1) is 0 Å². The van der Waals surface area contributed by atoms with Gasteiger partial charge in [-0.3, -0.25) is 4.99 Å². The number of nitrogens with one attached hydrogen (secondary N) is 1. The molecule has 0 aliphatic carbocycles. The highest BCUT2D eigenvalue weighted by molar-refractivity contribution is 7.99. The molecule has 6 heteroatoms. The summed E-state index contributed by atoms with van der Waals surface area (Å²) in [5.74, 6) is -2.22. The minimum atomic E-state index is -2.45. The summed E-state index contributed by atoms with van der Waals surface area (Å²) in [7, 11) is 0. The molecule has 16 heavy (non-hydrogen) atoms. The molecule has 0 saturated carbocycles. The first-order valence-corrected chi connectivity index (χ1v) is 5.62. The van der Waals surface area contributed by atoms with Crippen molar-refractivity contribution in [1.29, 1.82) is 0 Å². The zero-order valence-electron chi connectivity index (χ0n) is 8.78. The van der Waals surface area contributed by atoms with Crippen LogP contribution < -0.4 is 11.1 Å². The largest absolute Gasteiger partial charge is 0.370 e. The molecule has 3 nitrogen and oxygen atoms in total. The van der Waals surface area contributed by atoms with Gasteiger partial charge in [-0.2, -0.15) is 8.78 Å². The maximum atomic E-state index is 12.3. The summed E-state index contributed by atoms with van der Waals surface area (Å²) in [5, 5.41) is 2.79. The number of aliphatic imine (C=N–C) groups is 1. The van der Waals surface area contributed by atoms with Crippen LogP contribution in [0, 0.1) is 0 Å². The van der Waals surface area contributed by atoms with Crippen molar-refractivity contribution in [2.45, 2.75) is 17.6 Å². The van der Waals surface area contributed by atoms with Gasteiger partial charge in [0, 0.05) is 11.4 Å². The van der Waals surface area contributed by atoms with E-state index in [4.69, 9.17) is 5.73 Å². The Morgan fingerprint density at radius 3 is 2.81 bits per heavy atom. The van der Waals surface area contributed by atoms with E-state index >= 15 is 0 Å². The molecule has 0 aliphatic heterocycles. The SMILES string of the molecule is CCN=C(N)Nc1ccccc1SC(F)F. The monoisotopic (exact) mass is 245 g/mol. The zero-order chi connectivity index (χ0) is 12.0. The second kappa shape index (κ2) is 6.32. The number of anilines is 1. The number of thioether (sulfide) groups is 1. The molecule has 0 unspecified atom stereocenters. The van der Waals surface area contributed by atoms with Crippen molar-refractivity contribution < 1.29 is 8.78 Å². The normalized spacial score (nSPS) is 11.9. The number of hydrogen-bond donors (Lipinski definition) is 2. The maximum absolute atomic E-state index is 12.3. The number of benzene rings is 1. The molecule has 1 rings (SSSR count). The van der Waals surface area contributed by atoms with Crippen molar-refractivity contribution >= 4 is 23.4 Å². The molecular weight excluding hydrogens is 232 g/mol. The topological polar surface area (TPSA) is 50.4 Å². The fourth-order valence-electron chi connectivity index (χ4n) is 1.12. The summed E-state index contributed by atoms with van der Waals surface area (Å²) in [5.41, 5.74) is 6.10. The second-order valence-corrected chi connectivity index (χ2v) is 3.89. The van der Waals surface area contributed by atoms with E-state index in [0.29, 0.717) is 28.9 Å². The number of nitrogens with zero attached hydrogens (tertiary/aromatic N) is 1. The summed E-state index contributed by atoms with van der Waals surface area (Å²) >= 11 is 0.479. The Morgan fingerprint density at radius 1 is 1.50 bits per heavy atom. The Labute approximate surface area is 97.1 Å². The molecule has 0 bridgehead atoms. The van der Waals surface area contributed by atoms with Crippen LogP contribution in [0.3, 0.4) is 0 Å². The fraction of sp³-hybridized carbons (Fsp3) is 0.300. The molecule has 1 aromatic rings. The van der Waals surface area contributed by atoms with Gasteiger partial charge in [0.15, 0.2) is 5.96 Å². The quantitative estimate of drug-likeness (QED) is 0.487. The van der Waals surface area contributed by atoms with Crippen LogP contribution in [0.4, 0.5) is 14.5 Å². The number of rotatable bonds is 4. The maximum Gasteiger partial charge on any atom is 0.288 e. The second-order valence-electron chi connectivity index (χ2n) is 2.86. The standard InChI is InChI=1S/C10H13F2N3S/c1-2-14-10(13)15-7-5-3-4-6-8(7)16-9(11)12/h3-6,9H,2H2,1H3,(H3,13,14,15). The zero-order valence-corrected chi connectivity index (χ0v) is 9.60. The first kappa shape index (κ1) is 12.8. The number of hydrogen-bond acceptors (Lipinski definition) is 2. The molecule has 0 saturated heterocycles. The van der Waals surface area contributed by atoms with Crippen molar-refractivity contribution in [3.05, 3.63) is 24.3 Å². The van der Waals surface area contributed by atoms with Crippen LogP contribution in [0.1, 0.15) is 6.92 Å². The van der Waals surface area contributed by atoms with Gasteiger partial charge in [0.1, 0.15) is 0 Å². The Morgan fingerprint density at radius 2 is 2.19 bits per heavy atom. The van der Waals surface area contributed by atoms with Crippen molar-refractivity contribution in [1.82, 2.24) is 0 Å². The Kier molecular flexibility index (Phi) is 5.04. The third-order valence-corrected chi connectivity index (χ3v) is 2.48. The number of alkyl halides is 2. The van der Waals surface area contributed by atoms with Gasteiger partial charge in [-0.25, -0.2) is 0 Å². The van der Waals surface area contributed by atoms with Crippen molar-refractivity contribution in [3.63, 3.8) is 0 Å². The summed E-state index contributed by atoms with van der Waals surface area (Å²) in [6, 6.07) is 6.74. The molecule has 0 radical (unpaired) electrons. The Hall–Kier alpha value is -1.30.